The van der Waals surface area contributed by atoms with E-state index < -0.39 is 25.1 Å². The van der Waals surface area contributed by atoms with Gasteiger partial charge in [0.05, 0.1) is 12.0 Å². The molecule has 30 heavy (non-hydrogen) atoms. The number of aryl methyl sites for hydroxylation is 1. The smallest absolute Gasteiger partial charge is 0.244 e. The predicted molar refractivity (Wildman–Crippen MR) is 119 cm³/mol. The van der Waals surface area contributed by atoms with Crippen molar-refractivity contribution in [2.75, 3.05) is 13.7 Å². The van der Waals surface area contributed by atoms with Crippen LogP contribution in [-0.2, 0) is 19.9 Å². The molecule has 0 saturated heterocycles. The quantitative estimate of drug-likeness (QED) is 0.516. The molecule has 0 unspecified atom stereocenters. The van der Waals surface area contributed by atoms with Crippen LogP contribution in [0, 0.1) is 6.92 Å². The van der Waals surface area contributed by atoms with Gasteiger partial charge in [0.1, 0.15) is 15.9 Å². The third-order valence-corrected chi connectivity index (χ3v) is 9.38. The van der Waals surface area contributed by atoms with Gasteiger partial charge in [0.25, 0.3) is 0 Å². The van der Waals surface area contributed by atoms with E-state index in [0.717, 1.165) is 5.56 Å². The Morgan fingerprint density at radius 1 is 1.07 bits per heavy atom. The van der Waals surface area contributed by atoms with Gasteiger partial charge in [-0.2, -0.15) is 0 Å². The number of sulfonamides is 1. The number of thiophene rings is 1. The van der Waals surface area contributed by atoms with E-state index in [0.29, 0.717) is 9.90 Å². The summed E-state index contributed by atoms with van der Waals surface area (Å²) in [4.78, 5) is 0.556. The van der Waals surface area contributed by atoms with Gasteiger partial charge in [0.2, 0.25) is 10.0 Å². The lowest BCUT2D eigenvalue weighted by molar-refractivity contribution is 0.402. The van der Waals surface area contributed by atoms with Crippen molar-refractivity contribution in [3.8, 4) is 5.75 Å². The molecule has 0 amide bonds. The van der Waals surface area contributed by atoms with Crippen LogP contribution in [0.5, 0.6) is 5.75 Å². The van der Waals surface area contributed by atoms with Crippen molar-refractivity contribution >= 4 is 42.8 Å². The number of hydrogen-bond donors (Lipinski definition) is 1. The number of rotatable bonds is 8. The molecule has 160 valence electrons. The molecule has 0 radical (unpaired) electrons. The highest BCUT2D eigenvalue weighted by atomic mass is 35.5. The van der Waals surface area contributed by atoms with Crippen LogP contribution >= 0.6 is 22.9 Å². The van der Waals surface area contributed by atoms with Gasteiger partial charge in [0, 0.05) is 16.4 Å². The van der Waals surface area contributed by atoms with Crippen LogP contribution < -0.4 is 9.46 Å². The van der Waals surface area contributed by atoms with Crippen LogP contribution in [0.15, 0.2) is 69.8 Å². The number of hydrogen-bond acceptors (Lipinski definition) is 6. The molecule has 0 saturated carbocycles. The highest BCUT2D eigenvalue weighted by molar-refractivity contribution is 7.92. The van der Waals surface area contributed by atoms with Gasteiger partial charge >= 0.3 is 0 Å². The normalized spacial score (nSPS) is 13.2. The maximum absolute atomic E-state index is 13.3. The lowest BCUT2D eigenvalue weighted by Crippen LogP contribution is -2.32. The van der Waals surface area contributed by atoms with Gasteiger partial charge in [-0.05, 0) is 60.3 Å². The summed E-state index contributed by atoms with van der Waals surface area (Å²) < 4.78 is 60.1. The topological polar surface area (TPSA) is 89.5 Å². The van der Waals surface area contributed by atoms with E-state index >= 15 is 0 Å². The molecule has 1 N–H and O–H groups in total. The van der Waals surface area contributed by atoms with E-state index in [-0.39, 0.29) is 22.1 Å². The molecule has 3 rings (SSSR count). The second-order valence-corrected chi connectivity index (χ2v) is 11.8. The second kappa shape index (κ2) is 9.07. The van der Waals surface area contributed by atoms with Gasteiger partial charge in [-0.1, -0.05) is 23.7 Å². The predicted octanol–water partition coefficient (Wildman–Crippen LogP) is 4.21. The Balaban J connectivity index is 1.96. The number of sulfone groups is 1. The number of methoxy groups -OCH3 is 1. The van der Waals surface area contributed by atoms with E-state index in [9.17, 15) is 16.8 Å². The van der Waals surface area contributed by atoms with Crippen LogP contribution in [0.4, 0.5) is 0 Å². The van der Waals surface area contributed by atoms with Crippen LogP contribution in [0.1, 0.15) is 15.7 Å². The summed E-state index contributed by atoms with van der Waals surface area (Å²) in [5.74, 6) is 0.182. The third kappa shape index (κ3) is 4.87. The zero-order chi connectivity index (χ0) is 21.9. The fourth-order valence-electron chi connectivity index (χ4n) is 2.88. The van der Waals surface area contributed by atoms with E-state index in [2.05, 4.69) is 4.72 Å². The van der Waals surface area contributed by atoms with Crippen molar-refractivity contribution in [3.05, 3.63) is 75.4 Å². The van der Waals surface area contributed by atoms with Gasteiger partial charge in [0.15, 0.2) is 9.84 Å². The Kier molecular flexibility index (Phi) is 6.88. The summed E-state index contributed by atoms with van der Waals surface area (Å²) >= 11 is 7.12. The van der Waals surface area contributed by atoms with Gasteiger partial charge < -0.3 is 4.74 Å². The Morgan fingerprint density at radius 2 is 1.77 bits per heavy atom. The monoisotopic (exact) mass is 485 g/mol. The molecular weight excluding hydrogens is 466 g/mol. The molecule has 0 aliphatic rings. The highest BCUT2D eigenvalue weighted by Gasteiger charge is 2.32. The van der Waals surface area contributed by atoms with E-state index in [1.54, 1.807) is 36.6 Å². The molecule has 0 spiro atoms. The minimum atomic E-state index is -4.02. The lowest BCUT2D eigenvalue weighted by Gasteiger charge is -2.18. The van der Waals surface area contributed by atoms with E-state index in [1.165, 1.54) is 48.8 Å². The summed E-state index contributed by atoms with van der Waals surface area (Å²) in [7, 11) is -6.51. The van der Waals surface area contributed by atoms with Gasteiger partial charge in [-0.15, -0.1) is 11.3 Å². The molecule has 1 aromatic heterocycles. The van der Waals surface area contributed by atoms with Crippen LogP contribution in [-0.4, -0.2) is 30.5 Å². The summed E-state index contributed by atoms with van der Waals surface area (Å²) in [5.41, 5.74) is 0.736. The molecule has 10 heteroatoms. The molecule has 3 aromatic rings. The second-order valence-electron chi connectivity index (χ2n) is 6.51. The molecular formula is C20H20ClNO5S3. The zero-order valence-electron chi connectivity index (χ0n) is 16.2. The number of benzene rings is 2. The molecule has 0 fully saturated rings. The Bertz CT molecular complexity index is 1220. The first kappa shape index (κ1) is 22.8. The standard InChI is InChI=1S/C20H20ClNO5S3/c1-14-5-10-17(27-2)19(12-14)30(25,26)22-13-20(18-4-3-11-28-18)29(23,24)16-8-6-15(21)7-9-16/h3-12,20,22H,13H2,1-2H3/t20-/m0/s1. The SMILES string of the molecule is COc1ccc(C)cc1S(=O)(=O)NC[C@@H](c1cccs1)S(=O)(=O)c1ccc(Cl)cc1. The Morgan fingerprint density at radius 3 is 2.37 bits per heavy atom. The molecule has 0 bridgehead atoms. The maximum atomic E-state index is 13.3. The molecule has 0 aliphatic carbocycles. The molecule has 6 nitrogen and oxygen atoms in total. The number of halogens is 1. The molecule has 1 heterocycles. The summed E-state index contributed by atoms with van der Waals surface area (Å²) in [6.45, 7) is 1.43. The van der Waals surface area contributed by atoms with E-state index in [4.69, 9.17) is 16.3 Å². The lowest BCUT2D eigenvalue weighted by atomic mass is 10.2. The minimum absolute atomic E-state index is 0.0428. The van der Waals surface area contributed by atoms with Gasteiger partial charge in [-0.3, -0.25) is 0 Å². The van der Waals surface area contributed by atoms with Crippen molar-refractivity contribution < 1.29 is 21.6 Å². The van der Waals surface area contributed by atoms with Crippen LogP contribution in [0.25, 0.3) is 0 Å². The average Bonchev–Trinajstić information content (AvgIpc) is 3.22. The Labute approximate surface area is 185 Å². The first-order chi connectivity index (χ1) is 14.1. The molecule has 2 aromatic carbocycles. The summed E-state index contributed by atoms with van der Waals surface area (Å²) in [5, 5.41) is 1.07. The maximum Gasteiger partial charge on any atom is 0.244 e. The minimum Gasteiger partial charge on any atom is -0.495 e. The molecule has 1 atom stereocenters. The third-order valence-electron chi connectivity index (χ3n) is 4.44. The number of ether oxygens (including phenoxy) is 1. The number of nitrogens with one attached hydrogen (secondary N) is 1. The zero-order valence-corrected chi connectivity index (χ0v) is 19.4. The highest BCUT2D eigenvalue weighted by Crippen LogP contribution is 2.33. The van der Waals surface area contributed by atoms with Crippen molar-refractivity contribution in [1.29, 1.82) is 0 Å². The van der Waals surface area contributed by atoms with Crippen molar-refractivity contribution in [2.24, 2.45) is 0 Å². The molecule has 0 aliphatic heterocycles. The fourth-order valence-corrected chi connectivity index (χ4v) is 7.20. The van der Waals surface area contributed by atoms with Crippen molar-refractivity contribution in [2.45, 2.75) is 22.0 Å². The van der Waals surface area contributed by atoms with Gasteiger partial charge in [-0.25, -0.2) is 21.6 Å². The first-order valence-corrected chi connectivity index (χ1v) is 13.1. The van der Waals surface area contributed by atoms with E-state index in [1.807, 2.05) is 0 Å². The summed E-state index contributed by atoms with van der Waals surface area (Å²) in [6, 6.07) is 14.0. The van der Waals surface area contributed by atoms with Crippen LogP contribution in [0.3, 0.4) is 0 Å². The largest absolute Gasteiger partial charge is 0.495 e. The fraction of sp³-hybridized carbons (Fsp3) is 0.200. The van der Waals surface area contributed by atoms with Crippen molar-refractivity contribution in [1.82, 2.24) is 4.72 Å². The van der Waals surface area contributed by atoms with Crippen LogP contribution in [0.2, 0.25) is 5.02 Å². The Hall–Kier alpha value is -1.91. The summed E-state index contributed by atoms with van der Waals surface area (Å²) in [6.07, 6.45) is 0. The van der Waals surface area contributed by atoms with Crippen molar-refractivity contribution in [3.63, 3.8) is 0 Å². The first-order valence-electron chi connectivity index (χ1n) is 8.82. The average molecular weight is 486 g/mol.